The number of nitrogens with one attached hydrogen (secondary N) is 1. The van der Waals surface area contributed by atoms with Crippen LogP contribution >= 0.6 is 23.1 Å². The van der Waals surface area contributed by atoms with Crippen molar-refractivity contribution in [2.75, 3.05) is 71.3 Å². The molecule has 2 amide bonds. The van der Waals surface area contributed by atoms with Gasteiger partial charge in [0, 0.05) is 39.8 Å². The molecule has 2 aromatic rings. The molecule has 1 saturated heterocycles. The fraction of sp³-hybridized carbons (Fsp3) is 0.524. The lowest BCUT2D eigenvalue weighted by molar-refractivity contribution is -0.130. The van der Waals surface area contributed by atoms with Crippen LogP contribution in [-0.4, -0.2) is 93.3 Å². The highest BCUT2D eigenvalue weighted by Gasteiger charge is 2.24. The van der Waals surface area contributed by atoms with Crippen LogP contribution in [0.2, 0.25) is 0 Å². The van der Waals surface area contributed by atoms with Gasteiger partial charge < -0.3 is 29.3 Å². The van der Waals surface area contributed by atoms with Gasteiger partial charge in [-0.25, -0.2) is 0 Å². The third-order valence-electron chi connectivity index (χ3n) is 5.06. The summed E-state index contributed by atoms with van der Waals surface area (Å²) < 4.78 is 16.2. The lowest BCUT2D eigenvalue weighted by atomic mass is 10.1. The minimum atomic E-state index is -0.0598. The number of piperazine rings is 1. The second-order valence-corrected chi connectivity index (χ2v) is 9.39. The Labute approximate surface area is 201 Å². The molecule has 1 aliphatic rings. The van der Waals surface area contributed by atoms with Gasteiger partial charge in [-0.1, -0.05) is 29.2 Å². The van der Waals surface area contributed by atoms with Crippen LogP contribution in [0.15, 0.2) is 22.5 Å². The molecule has 180 valence electrons. The predicted molar refractivity (Wildman–Crippen MR) is 128 cm³/mol. The van der Waals surface area contributed by atoms with Gasteiger partial charge in [-0.2, -0.15) is 0 Å². The predicted octanol–water partition coefficient (Wildman–Crippen LogP) is 1.30. The van der Waals surface area contributed by atoms with Crippen LogP contribution in [0.5, 0.6) is 11.5 Å². The maximum atomic E-state index is 12.8. The first-order chi connectivity index (χ1) is 16.0. The quantitative estimate of drug-likeness (QED) is 0.365. The maximum absolute atomic E-state index is 12.8. The molecule has 0 bridgehead atoms. The summed E-state index contributed by atoms with van der Waals surface area (Å²) in [5.41, 5.74) is 0.886. The first-order valence-electron chi connectivity index (χ1n) is 10.5. The zero-order valence-corrected chi connectivity index (χ0v) is 20.7. The van der Waals surface area contributed by atoms with Gasteiger partial charge >= 0.3 is 0 Å². The van der Waals surface area contributed by atoms with Gasteiger partial charge in [-0.3, -0.25) is 9.59 Å². The van der Waals surface area contributed by atoms with Gasteiger partial charge in [0.1, 0.15) is 0 Å². The van der Waals surface area contributed by atoms with Crippen molar-refractivity contribution in [1.29, 1.82) is 0 Å². The van der Waals surface area contributed by atoms with Gasteiger partial charge in [-0.15, -0.1) is 10.2 Å². The smallest absolute Gasteiger partial charge is 0.230 e. The number of benzene rings is 1. The van der Waals surface area contributed by atoms with Crippen molar-refractivity contribution >= 4 is 40.0 Å². The van der Waals surface area contributed by atoms with Crippen molar-refractivity contribution in [3.63, 3.8) is 0 Å². The highest BCUT2D eigenvalue weighted by molar-refractivity contribution is 8.01. The Bertz CT molecular complexity index is 934. The van der Waals surface area contributed by atoms with Crippen LogP contribution < -0.4 is 19.7 Å². The van der Waals surface area contributed by atoms with Crippen molar-refractivity contribution in [2.45, 2.75) is 10.8 Å². The molecule has 2 heterocycles. The molecular formula is C21H29N5O5S2. The van der Waals surface area contributed by atoms with Gasteiger partial charge in [0.25, 0.3) is 0 Å². The molecule has 3 rings (SSSR count). The summed E-state index contributed by atoms with van der Waals surface area (Å²) in [4.78, 5) is 28.6. The first kappa shape index (κ1) is 25.1. The minimum absolute atomic E-state index is 0.0598. The van der Waals surface area contributed by atoms with E-state index in [0.717, 1.165) is 15.0 Å². The van der Waals surface area contributed by atoms with Crippen LogP contribution in [0.25, 0.3) is 0 Å². The Morgan fingerprint density at radius 2 is 1.85 bits per heavy atom. The molecule has 0 spiro atoms. The Morgan fingerprint density at radius 3 is 2.55 bits per heavy atom. The number of methoxy groups -OCH3 is 3. The van der Waals surface area contributed by atoms with Crippen LogP contribution in [-0.2, 0) is 20.7 Å². The van der Waals surface area contributed by atoms with Crippen LogP contribution in [0.3, 0.4) is 0 Å². The van der Waals surface area contributed by atoms with E-state index in [1.807, 2.05) is 23.1 Å². The van der Waals surface area contributed by atoms with Gasteiger partial charge in [-0.05, 0) is 17.7 Å². The third kappa shape index (κ3) is 7.21. The fourth-order valence-electron chi connectivity index (χ4n) is 3.28. The maximum Gasteiger partial charge on any atom is 0.230 e. The molecule has 12 heteroatoms. The van der Waals surface area contributed by atoms with E-state index in [1.54, 1.807) is 21.3 Å². The number of ether oxygens (including phenoxy) is 3. The molecule has 1 N–H and O–H groups in total. The van der Waals surface area contributed by atoms with Crippen LogP contribution in [0, 0.1) is 0 Å². The number of carbonyl (C=O) groups excluding carboxylic acids is 2. The number of hydrogen-bond donors (Lipinski definition) is 1. The molecule has 1 fully saturated rings. The average molecular weight is 496 g/mol. The number of thioether (sulfide) groups is 1. The lowest BCUT2D eigenvalue weighted by Gasteiger charge is -2.34. The van der Waals surface area contributed by atoms with Crippen molar-refractivity contribution in [3.05, 3.63) is 23.8 Å². The first-order valence-corrected chi connectivity index (χ1v) is 12.3. The highest BCUT2D eigenvalue weighted by Crippen LogP contribution is 2.29. The molecule has 1 aromatic carbocycles. The molecule has 33 heavy (non-hydrogen) atoms. The van der Waals surface area contributed by atoms with E-state index in [0.29, 0.717) is 57.3 Å². The van der Waals surface area contributed by atoms with E-state index in [9.17, 15) is 9.59 Å². The zero-order chi connectivity index (χ0) is 23.6. The average Bonchev–Trinajstić information content (AvgIpc) is 3.32. The Kier molecular flexibility index (Phi) is 9.58. The Hall–Kier alpha value is -2.57. The van der Waals surface area contributed by atoms with E-state index in [4.69, 9.17) is 14.2 Å². The van der Waals surface area contributed by atoms with Crippen molar-refractivity contribution in [2.24, 2.45) is 0 Å². The second-order valence-electron chi connectivity index (χ2n) is 7.22. The lowest BCUT2D eigenvalue weighted by Crippen LogP contribution is -2.49. The number of anilines is 1. The van der Waals surface area contributed by atoms with E-state index < -0.39 is 0 Å². The second kappa shape index (κ2) is 12.6. The minimum Gasteiger partial charge on any atom is -0.493 e. The monoisotopic (exact) mass is 495 g/mol. The van der Waals surface area contributed by atoms with Crippen molar-refractivity contribution < 1.29 is 23.8 Å². The van der Waals surface area contributed by atoms with E-state index in [1.165, 1.54) is 23.1 Å². The Balaban J connectivity index is 1.45. The third-order valence-corrected chi connectivity index (χ3v) is 7.17. The van der Waals surface area contributed by atoms with Gasteiger partial charge in [0.05, 0.1) is 33.0 Å². The summed E-state index contributed by atoms with van der Waals surface area (Å²) in [5.74, 6) is 1.57. The largest absolute Gasteiger partial charge is 0.493 e. The molecule has 0 radical (unpaired) electrons. The summed E-state index contributed by atoms with van der Waals surface area (Å²) in [6.45, 7) is 3.60. The Morgan fingerprint density at radius 1 is 1.09 bits per heavy atom. The number of aromatic nitrogens is 2. The SMILES string of the molecule is COCCNC(=O)CSc1nnc(N2CCN(C(=O)Cc3ccc(OC)c(OC)c3)CC2)s1. The molecule has 1 aliphatic heterocycles. The van der Waals surface area contributed by atoms with Crippen molar-refractivity contribution in [1.82, 2.24) is 20.4 Å². The standard InChI is InChI=1S/C21H29N5O5S2/c1-29-11-6-22-18(27)14-32-21-24-23-20(33-21)26-9-7-25(8-10-26)19(28)13-15-4-5-16(30-2)17(12-15)31-3/h4-5,12H,6-11,13-14H2,1-3H3,(H,22,27). The number of rotatable bonds is 11. The normalized spacial score (nSPS) is 13.7. The summed E-state index contributed by atoms with van der Waals surface area (Å²) in [5, 5.41) is 12.0. The molecule has 0 unspecified atom stereocenters. The number of carbonyl (C=O) groups is 2. The van der Waals surface area contributed by atoms with Crippen molar-refractivity contribution in [3.8, 4) is 11.5 Å². The van der Waals surface area contributed by atoms with E-state index >= 15 is 0 Å². The molecule has 10 nitrogen and oxygen atoms in total. The number of hydrogen-bond acceptors (Lipinski definition) is 10. The summed E-state index contributed by atoms with van der Waals surface area (Å²) in [6, 6.07) is 5.53. The van der Waals surface area contributed by atoms with Crippen LogP contribution in [0.4, 0.5) is 5.13 Å². The molecule has 0 atom stereocenters. The van der Waals surface area contributed by atoms with Crippen LogP contribution in [0.1, 0.15) is 5.56 Å². The van der Waals surface area contributed by atoms with Gasteiger partial charge in [0.2, 0.25) is 16.9 Å². The summed E-state index contributed by atoms with van der Waals surface area (Å²) in [6.07, 6.45) is 0.312. The summed E-state index contributed by atoms with van der Waals surface area (Å²) in [7, 11) is 4.76. The summed E-state index contributed by atoms with van der Waals surface area (Å²) >= 11 is 2.83. The molecular weight excluding hydrogens is 466 g/mol. The van der Waals surface area contributed by atoms with E-state index in [2.05, 4.69) is 20.4 Å². The van der Waals surface area contributed by atoms with E-state index in [-0.39, 0.29) is 17.6 Å². The molecule has 0 saturated carbocycles. The molecule has 1 aromatic heterocycles. The topological polar surface area (TPSA) is 106 Å². The zero-order valence-electron chi connectivity index (χ0n) is 19.0. The highest BCUT2D eigenvalue weighted by atomic mass is 32.2. The fourth-order valence-corrected chi connectivity index (χ4v) is 5.01. The molecule has 0 aliphatic carbocycles. The van der Waals surface area contributed by atoms with Gasteiger partial charge in [0.15, 0.2) is 15.8 Å². The number of amides is 2. The number of nitrogens with zero attached hydrogens (tertiary/aromatic N) is 4.